The third-order valence-electron chi connectivity index (χ3n) is 11.0. The number of nitrogens with one attached hydrogen (secondary N) is 4. The molecule has 0 unspecified atom stereocenters. The number of carbonyl (C=O) groups excluding carboxylic acids is 4. The lowest BCUT2D eigenvalue weighted by atomic mass is 9.85. The average Bonchev–Trinajstić information content (AvgIpc) is 0.716. The zero-order valence-electron chi connectivity index (χ0n) is 64.0. The number of pyridine rings is 1. The lowest BCUT2D eigenvalue weighted by Crippen LogP contribution is -2.61. The highest BCUT2D eigenvalue weighted by Gasteiger charge is 2.37. The van der Waals surface area contributed by atoms with E-state index in [0.717, 1.165) is 5.01 Å². The Morgan fingerprint density at radius 1 is 0.519 bits per heavy atom. The number of hydrazine groups is 1. The molecule has 3 rings (SSSR count). The van der Waals surface area contributed by atoms with Gasteiger partial charge in [0.05, 0.1) is 137 Å². The number of hydrogen-bond acceptors (Lipinski definition) is 19. The van der Waals surface area contributed by atoms with Gasteiger partial charge in [0.1, 0.15) is 25.3 Å². The fourth-order valence-corrected chi connectivity index (χ4v) is 6.93. The first-order chi connectivity index (χ1) is 46.5. The number of methoxy groups -OCH3 is 2. The summed E-state index contributed by atoms with van der Waals surface area (Å²) in [5.74, 6) is -3.65. The van der Waals surface area contributed by atoms with Gasteiger partial charge in [-0.25, -0.2) is 14.6 Å². The van der Waals surface area contributed by atoms with Crippen molar-refractivity contribution in [2.24, 2.45) is 10.8 Å². The summed E-state index contributed by atoms with van der Waals surface area (Å²) in [6, 6.07) is 10.8. The summed E-state index contributed by atoms with van der Waals surface area (Å²) in [6.07, 6.45) is -4.51. The van der Waals surface area contributed by atoms with Crippen LogP contribution in [0.25, 0.3) is 11.3 Å². The molecule has 5 N–H and O–H groups in total. The van der Waals surface area contributed by atoms with Gasteiger partial charge in [-0.15, -0.1) is 0 Å². The summed E-state index contributed by atoms with van der Waals surface area (Å²) in [5.41, 5.74) is -4.45. The molecule has 0 aliphatic carbocycles. The Balaban J connectivity index is 2.07. The molecule has 4 atom stereocenters. The van der Waals surface area contributed by atoms with Crippen LogP contribution in [0.4, 0.5) is 9.59 Å². The summed E-state index contributed by atoms with van der Waals surface area (Å²) in [5, 5.41) is 19.4. The minimum Gasteiger partial charge on any atom is -0.447 e. The van der Waals surface area contributed by atoms with Gasteiger partial charge in [-0.05, 0) is 40.5 Å². The second kappa shape index (κ2) is 41.6. The van der Waals surface area contributed by atoms with Crippen LogP contribution in [0.1, 0.15) is 76.9 Å². The van der Waals surface area contributed by atoms with E-state index in [1.807, 2.05) is 10.6 Å². The molecule has 0 saturated heterocycles. The Hall–Kier alpha value is -5.41. The number of aromatic nitrogens is 1. The quantitative estimate of drug-likeness (QED) is 0.0389. The molecular formula is C58H92N6O17. The predicted molar refractivity (Wildman–Crippen MR) is 302 cm³/mol. The van der Waals surface area contributed by atoms with E-state index in [2.05, 4.69) is 15.7 Å². The first-order valence-corrected chi connectivity index (χ1v) is 26.1. The van der Waals surface area contributed by atoms with E-state index >= 15 is 9.59 Å². The molecular weight excluding hydrogens is 1050 g/mol. The van der Waals surface area contributed by atoms with Crippen molar-refractivity contribution in [1.82, 2.24) is 31.4 Å². The molecule has 0 radical (unpaired) electrons. The molecule has 81 heavy (non-hydrogen) atoms. The van der Waals surface area contributed by atoms with Crippen molar-refractivity contribution in [2.45, 2.75) is 78.3 Å². The molecule has 0 aliphatic heterocycles. The maximum absolute atomic E-state index is 15.1. The zero-order chi connectivity index (χ0) is 74.0. The van der Waals surface area contributed by atoms with Crippen LogP contribution in [0.15, 0.2) is 79.0 Å². The van der Waals surface area contributed by atoms with Gasteiger partial charge in [-0.3, -0.25) is 20.0 Å². The van der Waals surface area contributed by atoms with Crippen LogP contribution in [0.3, 0.4) is 0 Å². The van der Waals surface area contributed by atoms with Crippen LogP contribution in [0, 0.1) is 10.8 Å². The third kappa shape index (κ3) is 32.1. The first-order valence-electron chi connectivity index (χ1n) is 35.1. The Bertz CT molecular complexity index is 2710. The SMILES string of the molecule is [2H]C([2H])([2H])C([C@H](NC(=O)OCCOCCOCCOCCOCCOC)C(=O)N[C@@H](Cc1ccccc1)[C@@H](O)CN(Cc1ccc(-c2ccccn2)cc1)NC(=O)[C@@H](NC(=O)OCCOCCOCCOCCOCCOC)C(C([2H])([2H])[2H])(C([2H])([2H])[2H])C([2H])([2H])[2H])(C([2H])([2H])[2H])C([2H])([2H])[2H]. The largest absolute Gasteiger partial charge is 0.447 e. The van der Waals surface area contributed by atoms with Crippen LogP contribution < -0.4 is 21.4 Å². The molecule has 0 spiro atoms. The molecule has 23 heteroatoms. The Labute approximate surface area is 504 Å². The summed E-state index contributed by atoms with van der Waals surface area (Å²) < 4.78 is 216. The van der Waals surface area contributed by atoms with Gasteiger partial charge in [-0.2, -0.15) is 0 Å². The standard InChI is InChI=1S/C58H92N6O17/c1-57(2,3)51(61-55(68)80-40-38-78-36-34-76-32-30-74-28-26-72-24-22-70-7)53(66)60-49(42-45-14-10-9-11-15-45)50(65)44-64(43-46-17-19-47(20-18-46)48-16-12-13-21-59-48)63-54(67)52(58(4,5)6)62-56(69)81-41-39-79-37-35-77-33-31-75-29-27-73-25-23-71-8/h9-21,49-52,65H,22-44H2,1-8H3,(H,60,66)(H,61,68)(H,62,69)(H,63,67)/t49-,50-,51+,52+/m0/s1/i1D3,2D3,3D3,4D3,5D3,6D3. The average molecular weight is 1160 g/mol. The predicted octanol–water partition coefficient (Wildman–Crippen LogP) is 4.38. The lowest BCUT2D eigenvalue weighted by Gasteiger charge is -2.36. The maximum atomic E-state index is 15.1. The molecule has 0 fully saturated rings. The molecule has 0 bridgehead atoms. The van der Waals surface area contributed by atoms with Gasteiger partial charge < -0.3 is 77.9 Å². The molecule has 3 aromatic rings. The maximum Gasteiger partial charge on any atom is 0.407 e. The number of aliphatic hydroxyl groups is 1. The van der Waals surface area contributed by atoms with Crippen LogP contribution in [0.2, 0.25) is 0 Å². The first kappa shape index (κ1) is 46.0. The second-order valence-corrected chi connectivity index (χ2v) is 17.6. The fraction of sp³-hybridized carbons (Fsp3) is 0.638. The van der Waals surface area contributed by atoms with Crippen LogP contribution in [0.5, 0.6) is 0 Å². The molecule has 0 aliphatic rings. The molecule has 2 aromatic carbocycles. The molecule has 0 saturated carbocycles. The molecule has 1 heterocycles. The fourth-order valence-electron chi connectivity index (χ4n) is 6.93. The number of carbonyl (C=O) groups is 4. The van der Waals surface area contributed by atoms with Crippen molar-refractivity contribution in [1.29, 1.82) is 0 Å². The zero-order valence-corrected chi connectivity index (χ0v) is 46.0. The number of nitrogens with zero attached hydrogens (tertiary/aromatic N) is 2. The summed E-state index contributed by atoms with van der Waals surface area (Å²) in [6.45, 7) is -24.7. The van der Waals surface area contributed by atoms with E-state index in [1.165, 1.54) is 42.6 Å². The molecule has 456 valence electrons. The van der Waals surface area contributed by atoms with E-state index in [0.29, 0.717) is 64.1 Å². The lowest BCUT2D eigenvalue weighted by molar-refractivity contribution is -0.132. The number of benzene rings is 2. The monoisotopic (exact) mass is 1160 g/mol. The highest BCUT2D eigenvalue weighted by atomic mass is 16.6. The van der Waals surface area contributed by atoms with Crippen LogP contribution >= 0.6 is 0 Å². The minimum atomic E-state index is -4.16. The number of aliphatic hydroxyl groups excluding tert-OH is 1. The van der Waals surface area contributed by atoms with Crippen molar-refractivity contribution in [3.63, 3.8) is 0 Å². The summed E-state index contributed by atoms with van der Waals surface area (Å²) >= 11 is 0. The Morgan fingerprint density at radius 2 is 0.938 bits per heavy atom. The molecule has 23 nitrogen and oxygen atoms in total. The number of alkyl carbamates (subject to hydrolysis) is 2. The van der Waals surface area contributed by atoms with Gasteiger partial charge >= 0.3 is 12.2 Å². The van der Waals surface area contributed by atoms with Gasteiger partial charge in [0.2, 0.25) is 5.91 Å². The number of rotatable bonds is 44. The van der Waals surface area contributed by atoms with Crippen molar-refractivity contribution in [3.8, 4) is 11.3 Å². The Kier molecular flexibility index (Phi) is 23.6. The van der Waals surface area contributed by atoms with E-state index in [4.69, 9.17) is 81.5 Å². The Morgan fingerprint density at radius 3 is 1.36 bits per heavy atom. The normalized spacial score (nSPS) is 17.5. The molecule has 1 aromatic heterocycles. The third-order valence-corrected chi connectivity index (χ3v) is 11.0. The van der Waals surface area contributed by atoms with Crippen molar-refractivity contribution in [2.75, 3.05) is 153 Å². The van der Waals surface area contributed by atoms with Gasteiger partial charge in [0.15, 0.2) is 0 Å². The number of ether oxygens (including phenoxy) is 12. The summed E-state index contributed by atoms with van der Waals surface area (Å²) in [7, 11) is 3.09. The second-order valence-electron chi connectivity index (χ2n) is 17.6. The molecule has 4 amide bonds. The number of amides is 4. The van der Waals surface area contributed by atoms with Crippen LogP contribution in [-0.4, -0.2) is 216 Å². The van der Waals surface area contributed by atoms with E-state index in [-0.39, 0.29) is 77.2 Å². The minimum absolute atomic E-state index is 0.0404. The van der Waals surface area contributed by atoms with Crippen molar-refractivity contribution < 1.29 is 106 Å². The van der Waals surface area contributed by atoms with E-state index in [9.17, 15) is 14.7 Å². The van der Waals surface area contributed by atoms with Gasteiger partial charge in [-0.1, -0.05) is 102 Å². The van der Waals surface area contributed by atoms with E-state index < -0.39 is 133 Å². The smallest absolute Gasteiger partial charge is 0.407 e. The van der Waals surface area contributed by atoms with E-state index in [1.54, 1.807) is 50.6 Å². The van der Waals surface area contributed by atoms with Gasteiger partial charge in [0, 0.05) is 63.7 Å². The van der Waals surface area contributed by atoms with Crippen molar-refractivity contribution >= 4 is 24.0 Å². The van der Waals surface area contributed by atoms with Gasteiger partial charge in [0.25, 0.3) is 5.91 Å². The highest BCUT2D eigenvalue weighted by Crippen LogP contribution is 2.23. The van der Waals surface area contributed by atoms with Crippen molar-refractivity contribution in [3.05, 3.63) is 90.1 Å². The topological polar surface area (TPSA) is 264 Å². The van der Waals surface area contributed by atoms with Crippen LogP contribution in [-0.2, 0) is 79.4 Å². The highest BCUT2D eigenvalue weighted by molar-refractivity contribution is 5.87. The number of hydrogen-bond donors (Lipinski definition) is 5. The summed E-state index contributed by atoms with van der Waals surface area (Å²) in [4.78, 5) is 61.9.